The SMILES string of the molecule is Cc1nc(C)c(C(=O)N2CCN(c3ccc(N(C)C)nn3)CC2)s1. The van der Waals surface area contributed by atoms with Crippen molar-refractivity contribution in [2.24, 2.45) is 0 Å². The van der Waals surface area contributed by atoms with Crippen LogP contribution >= 0.6 is 11.3 Å². The zero-order valence-corrected chi connectivity index (χ0v) is 15.3. The van der Waals surface area contributed by atoms with Crippen LogP contribution in [0, 0.1) is 13.8 Å². The van der Waals surface area contributed by atoms with Crippen LogP contribution in [-0.4, -0.2) is 66.3 Å². The number of carbonyl (C=O) groups is 1. The average Bonchev–Trinajstić information content (AvgIpc) is 2.93. The van der Waals surface area contributed by atoms with E-state index in [1.54, 1.807) is 0 Å². The predicted molar refractivity (Wildman–Crippen MR) is 96.1 cm³/mol. The summed E-state index contributed by atoms with van der Waals surface area (Å²) in [6, 6.07) is 3.94. The van der Waals surface area contributed by atoms with Crippen molar-refractivity contribution in [3.8, 4) is 0 Å². The van der Waals surface area contributed by atoms with Crippen LogP contribution in [-0.2, 0) is 0 Å². The maximum Gasteiger partial charge on any atom is 0.265 e. The Morgan fingerprint density at radius 3 is 2.33 bits per heavy atom. The molecule has 0 aliphatic carbocycles. The van der Waals surface area contributed by atoms with Gasteiger partial charge < -0.3 is 14.7 Å². The van der Waals surface area contributed by atoms with Gasteiger partial charge in [0.05, 0.1) is 10.7 Å². The van der Waals surface area contributed by atoms with Crippen molar-refractivity contribution in [3.63, 3.8) is 0 Å². The monoisotopic (exact) mass is 346 g/mol. The predicted octanol–water partition coefficient (Wildman–Crippen LogP) is 1.58. The fraction of sp³-hybridized carbons (Fsp3) is 0.500. The van der Waals surface area contributed by atoms with Gasteiger partial charge in [-0.25, -0.2) is 4.98 Å². The third-order valence-electron chi connectivity index (χ3n) is 4.08. The number of aryl methyl sites for hydroxylation is 2. The van der Waals surface area contributed by atoms with Crippen molar-refractivity contribution in [2.75, 3.05) is 50.1 Å². The quantitative estimate of drug-likeness (QED) is 0.841. The van der Waals surface area contributed by atoms with Gasteiger partial charge in [0.2, 0.25) is 0 Å². The van der Waals surface area contributed by atoms with E-state index in [9.17, 15) is 4.79 Å². The fourth-order valence-electron chi connectivity index (χ4n) is 2.74. The molecule has 1 aliphatic rings. The Morgan fingerprint density at radius 2 is 1.83 bits per heavy atom. The fourth-order valence-corrected chi connectivity index (χ4v) is 3.63. The first-order chi connectivity index (χ1) is 11.5. The normalized spacial score (nSPS) is 14.8. The van der Waals surface area contributed by atoms with Crippen molar-refractivity contribution in [2.45, 2.75) is 13.8 Å². The molecule has 1 fully saturated rings. The number of aromatic nitrogens is 3. The molecule has 2 aromatic rings. The van der Waals surface area contributed by atoms with Crippen molar-refractivity contribution < 1.29 is 4.79 Å². The summed E-state index contributed by atoms with van der Waals surface area (Å²) in [5, 5.41) is 9.44. The number of anilines is 2. The van der Waals surface area contributed by atoms with E-state index in [1.165, 1.54) is 11.3 Å². The topological polar surface area (TPSA) is 65.5 Å². The molecular formula is C16H22N6OS. The number of rotatable bonds is 3. The molecule has 7 nitrogen and oxygen atoms in total. The summed E-state index contributed by atoms with van der Waals surface area (Å²) in [6.45, 7) is 6.73. The highest BCUT2D eigenvalue weighted by Gasteiger charge is 2.25. The van der Waals surface area contributed by atoms with E-state index in [0.29, 0.717) is 13.1 Å². The van der Waals surface area contributed by atoms with E-state index in [4.69, 9.17) is 0 Å². The average molecular weight is 346 g/mol. The lowest BCUT2D eigenvalue weighted by Crippen LogP contribution is -2.49. The Kier molecular flexibility index (Phi) is 4.66. The molecule has 3 rings (SSSR count). The molecule has 1 saturated heterocycles. The van der Waals surface area contributed by atoms with Crippen LogP contribution < -0.4 is 9.80 Å². The van der Waals surface area contributed by atoms with Gasteiger partial charge in [-0.1, -0.05) is 0 Å². The van der Waals surface area contributed by atoms with Crippen molar-refractivity contribution in [1.29, 1.82) is 0 Å². The van der Waals surface area contributed by atoms with Gasteiger partial charge in [-0.15, -0.1) is 21.5 Å². The van der Waals surface area contributed by atoms with E-state index in [-0.39, 0.29) is 5.91 Å². The second kappa shape index (κ2) is 6.72. The molecule has 1 amide bonds. The lowest BCUT2D eigenvalue weighted by molar-refractivity contribution is 0.0750. The Morgan fingerprint density at radius 1 is 1.12 bits per heavy atom. The zero-order chi connectivity index (χ0) is 17.3. The maximum atomic E-state index is 12.6. The zero-order valence-electron chi connectivity index (χ0n) is 14.5. The van der Waals surface area contributed by atoms with E-state index in [0.717, 1.165) is 40.3 Å². The van der Waals surface area contributed by atoms with Crippen molar-refractivity contribution in [1.82, 2.24) is 20.1 Å². The summed E-state index contributed by atoms with van der Waals surface area (Å²) in [5.41, 5.74) is 0.829. The van der Waals surface area contributed by atoms with Gasteiger partial charge in [0.1, 0.15) is 4.88 Å². The highest BCUT2D eigenvalue weighted by molar-refractivity contribution is 7.13. The minimum atomic E-state index is 0.0896. The highest BCUT2D eigenvalue weighted by atomic mass is 32.1. The summed E-state index contributed by atoms with van der Waals surface area (Å²) in [7, 11) is 3.88. The third-order valence-corrected chi connectivity index (χ3v) is 5.14. The Hall–Kier alpha value is -2.22. The number of amides is 1. The van der Waals surface area contributed by atoms with E-state index in [1.807, 2.05) is 49.9 Å². The molecular weight excluding hydrogens is 324 g/mol. The molecule has 2 aromatic heterocycles. The second-order valence-electron chi connectivity index (χ2n) is 6.07. The first-order valence-corrected chi connectivity index (χ1v) is 8.76. The maximum absolute atomic E-state index is 12.6. The molecule has 0 unspecified atom stereocenters. The molecule has 8 heteroatoms. The molecule has 1 aliphatic heterocycles. The standard InChI is InChI=1S/C16H22N6OS/c1-11-15(24-12(2)17-11)16(23)22-9-7-21(8-10-22)14-6-5-13(18-19-14)20(3)4/h5-6H,7-10H2,1-4H3. The molecule has 0 aromatic carbocycles. The molecule has 0 atom stereocenters. The first kappa shape index (κ1) is 16.6. The van der Waals surface area contributed by atoms with Crippen molar-refractivity contribution >= 4 is 28.9 Å². The Labute approximate surface area is 145 Å². The summed E-state index contributed by atoms with van der Waals surface area (Å²) in [5.74, 6) is 1.79. The number of hydrogen-bond acceptors (Lipinski definition) is 7. The highest BCUT2D eigenvalue weighted by Crippen LogP contribution is 2.21. The molecule has 0 bridgehead atoms. The summed E-state index contributed by atoms with van der Waals surface area (Å²) in [4.78, 5) is 23.7. The van der Waals surface area contributed by atoms with Gasteiger partial charge in [-0.2, -0.15) is 0 Å². The largest absolute Gasteiger partial charge is 0.361 e. The number of carbonyl (C=O) groups excluding carboxylic acids is 1. The van der Waals surface area contributed by atoms with Crippen LogP contribution in [0.1, 0.15) is 20.4 Å². The van der Waals surface area contributed by atoms with Crippen LogP contribution in [0.2, 0.25) is 0 Å². The third kappa shape index (κ3) is 3.33. The van der Waals surface area contributed by atoms with E-state index < -0.39 is 0 Å². The minimum Gasteiger partial charge on any atom is -0.361 e. The summed E-state index contributed by atoms with van der Waals surface area (Å²) in [6.07, 6.45) is 0. The van der Waals surface area contributed by atoms with Crippen LogP contribution in [0.25, 0.3) is 0 Å². The lowest BCUT2D eigenvalue weighted by Gasteiger charge is -2.35. The molecule has 0 spiro atoms. The van der Waals surface area contributed by atoms with Crippen LogP contribution in [0.3, 0.4) is 0 Å². The van der Waals surface area contributed by atoms with E-state index >= 15 is 0 Å². The van der Waals surface area contributed by atoms with Crippen LogP contribution in [0.4, 0.5) is 11.6 Å². The minimum absolute atomic E-state index is 0.0896. The molecule has 24 heavy (non-hydrogen) atoms. The summed E-state index contributed by atoms with van der Waals surface area (Å²) >= 11 is 1.47. The number of piperazine rings is 1. The van der Waals surface area contributed by atoms with Gasteiger partial charge in [0, 0.05) is 40.3 Å². The molecule has 3 heterocycles. The number of hydrogen-bond donors (Lipinski definition) is 0. The Bertz CT molecular complexity index is 719. The molecule has 0 saturated carbocycles. The molecule has 0 radical (unpaired) electrons. The van der Waals surface area contributed by atoms with Gasteiger partial charge in [0.25, 0.3) is 5.91 Å². The summed E-state index contributed by atoms with van der Waals surface area (Å²) < 4.78 is 0. The first-order valence-electron chi connectivity index (χ1n) is 7.95. The molecule has 128 valence electrons. The van der Waals surface area contributed by atoms with Gasteiger partial charge in [-0.05, 0) is 26.0 Å². The van der Waals surface area contributed by atoms with Gasteiger partial charge in [-0.3, -0.25) is 4.79 Å². The van der Waals surface area contributed by atoms with Crippen LogP contribution in [0.15, 0.2) is 12.1 Å². The second-order valence-corrected chi connectivity index (χ2v) is 7.27. The number of nitrogens with zero attached hydrogens (tertiary/aromatic N) is 6. The van der Waals surface area contributed by atoms with Crippen LogP contribution in [0.5, 0.6) is 0 Å². The van der Waals surface area contributed by atoms with Gasteiger partial charge in [0.15, 0.2) is 11.6 Å². The Balaban J connectivity index is 1.63. The van der Waals surface area contributed by atoms with Gasteiger partial charge >= 0.3 is 0 Å². The smallest absolute Gasteiger partial charge is 0.265 e. The van der Waals surface area contributed by atoms with E-state index in [2.05, 4.69) is 20.1 Å². The lowest BCUT2D eigenvalue weighted by atomic mass is 10.2. The van der Waals surface area contributed by atoms with Crippen molar-refractivity contribution in [3.05, 3.63) is 27.7 Å². The number of thiazole rings is 1. The molecule has 0 N–H and O–H groups in total.